The minimum Gasteiger partial charge on any atom is -0.127 e. The largest absolute Gasteiger partial charge is 0.127 e. The summed E-state index contributed by atoms with van der Waals surface area (Å²) in [5.41, 5.74) is 1.36. The van der Waals surface area contributed by atoms with Gasteiger partial charge in [-0.2, -0.15) is 0 Å². The van der Waals surface area contributed by atoms with Gasteiger partial charge in [-0.05, 0) is 17.4 Å². The summed E-state index contributed by atoms with van der Waals surface area (Å²) in [6, 6.07) is 10.4. The molecule has 0 radical (unpaired) electrons. The molecular formula is C10H12S. The first-order valence-corrected chi connectivity index (χ1v) is 4.60. The Hall–Kier alpha value is -0.690. The molecule has 0 atom stereocenters. The van der Waals surface area contributed by atoms with Gasteiger partial charge in [0, 0.05) is 5.75 Å². The molecule has 0 nitrogen and oxygen atoms in total. The molecule has 0 aromatic heterocycles. The molecule has 58 valence electrons. The highest BCUT2D eigenvalue weighted by Crippen LogP contribution is 2.18. The molecule has 1 heteroatoms. The zero-order valence-corrected chi connectivity index (χ0v) is 7.53. The molecule has 0 amide bonds. The van der Waals surface area contributed by atoms with E-state index in [1.54, 1.807) is 11.8 Å². The summed E-state index contributed by atoms with van der Waals surface area (Å²) in [7, 11) is 0. The molecule has 0 bridgehead atoms. The third-order valence-electron chi connectivity index (χ3n) is 1.33. The van der Waals surface area contributed by atoms with E-state index in [2.05, 4.69) is 30.8 Å². The zero-order chi connectivity index (χ0) is 8.10. The standard InChI is InChI=1S/C10H12S/c1-9(2)11-8-10-6-4-3-5-7-10/h3-7H,1,8H2,2H3. The van der Waals surface area contributed by atoms with Crippen molar-refractivity contribution in [3.05, 3.63) is 47.4 Å². The highest BCUT2D eigenvalue weighted by atomic mass is 32.2. The van der Waals surface area contributed by atoms with Crippen molar-refractivity contribution in [1.29, 1.82) is 0 Å². The van der Waals surface area contributed by atoms with Crippen LogP contribution in [0, 0.1) is 0 Å². The number of hydrogen-bond acceptors (Lipinski definition) is 1. The van der Waals surface area contributed by atoms with E-state index >= 15 is 0 Å². The molecule has 0 aliphatic carbocycles. The van der Waals surface area contributed by atoms with Crippen molar-refractivity contribution in [3.63, 3.8) is 0 Å². The molecule has 0 aliphatic rings. The summed E-state index contributed by atoms with van der Waals surface area (Å²) >= 11 is 1.79. The topological polar surface area (TPSA) is 0 Å². The predicted molar refractivity (Wildman–Crippen MR) is 52.6 cm³/mol. The normalized spacial score (nSPS) is 9.55. The number of rotatable bonds is 3. The number of hydrogen-bond donors (Lipinski definition) is 0. The first-order valence-electron chi connectivity index (χ1n) is 3.61. The van der Waals surface area contributed by atoms with Crippen LogP contribution >= 0.6 is 11.8 Å². The maximum atomic E-state index is 3.83. The van der Waals surface area contributed by atoms with Crippen molar-refractivity contribution in [3.8, 4) is 0 Å². The van der Waals surface area contributed by atoms with Crippen molar-refractivity contribution in [1.82, 2.24) is 0 Å². The minimum atomic E-state index is 1.04. The van der Waals surface area contributed by atoms with Gasteiger partial charge in [-0.1, -0.05) is 36.9 Å². The molecule has 0 saturated heterocycles. The van der Waals surface area contributed by atoms with E-state index in [0.717, 1.165) is 5.75 Å². The summed E-state index contributed by atoms with van der Waals surface area (Å²) in [5, 5.41) is 0. The molecule has 0 heterocycles. The predicted octanol–water partition coefficient (Wildman–Crippen LogP) is 3.45. The second kappa shape index (κ2) is 4.24. The van der Waals surface area contributed by atoms with Gasteiger partial charge in [-0.15, -0.1) is 11.8 Å². The lowest BCUT2D eigenvalue weighted by molar-refractivity contribution is 1.42. The Bertz CT molecular complexity index is 226. The van der Waals surface area contributed by atoms with Crippen molar-refractivity contribution >= 4 is 11.8 Å². The molecule has 0 aliphatic heterocycles. The fraction of sp³-hybridized carbons (Fsp3) is 0.200. The average molecular weight is 164 g/mol. The van der Waals surface area contributed by atoms with Gasteiger partial charge in [0.15, 0.2) is 0 Å². The van der Waals surface area contributed by atoms with E-state index in [-0.39, 0.29) is 0 Å². The molecule has 1 aromatic rings. The molecule has 0 spiro atoms. The third-order valence-corrected chi connectivity index (χ3v) is 2.30. The molecule has 1 rings (SSSR count). The lowest BCUT2D eigenvalue weighted by Crippen LogP contribution is -1.77. The number of thioether (sulfide) groups is 1. The molecule has 0 saturated carbocycles. The first-order chi connectivity index (χ1) is 5.29. The summed E-state index contributed by atoms with van der Waals surface area (Å²) in [6.07, 6.45) is 0. The Morgan fingerprint density at radius 1 is 1.36 bits per heavy atom. The van der Waals surface area contributed by atoms with Gasteiger partial charge in [-0.3, -0.25) is 0 Å². The van der Waals surface area contributed by atoms with Crippen LogP contribution in [0.1, 0.15) is 12.5 Å². The maximum absolute atomic E-state index is 3.83. The van der Waals surface area contributed by atoms with Crippen LogP contribution < -0.4 is 0 Å². The lowest BCUT2D eigenvalue weighted by Gasteiger charge is -1.98. The molecule has 11 heavy (non-hydrogen) atoms. The smallest absolute Gasteiger partial charge is 0.0228 e. The second-order valence-corrected chi connectivity index (χ2v) is 3.75. The van der Waals surface area contributed by atoms with E-state index < -0.39 is 0 Å². The highest BCUT2D eigenvalue weighted by molar-refractivity contribution is 8.02. The van der Waals surface area contributed by atoms with Gasteiger partial charge in [0.05, 0.1) is 0 Å². The molecule has 0 fully saturated rings. The lowest BCUT2D eigenvalue weighted by atomic mass is 10.2. The Kier molecular flexibility index (Phi) is 3.24. The Labute approximate surface area is 72.3 Å². The number of allylic oxidation sites excluding steroid dienone is 1. The molecular weight excluding hydrogens is 152 g/mol. The van der Waals surface area contributed by atoms with Crippen LogP contribution in [0.15, 0.2) is 41.8 Å². The summed E-state index contributed by atoms with van der Waals surface area (Å²) in [4.78, 5) is 1.17. The summed E-state index contributed by atoms with van der Waals surface area (Å²) < 4.78 is 0. The minimum absolute atomic E-state index is 1.04. The maximum Gasteiger partial charge on any atom is 0.0228 e. The van der Waals surface area contributed by atoms with E-state index in [1.165, 1.54) is 10.5 Å². The quantitative estimate of drug-likeness (QED) is 0.659. The van der Waals surface area contributed by atoms with Gasteiger partial charge < -0.3 is 0 Å². The highest BCUT2D eigenvalue weighted by Gasteiger charge is 1.90. The Morgan fingerprint density at radius 3 is 2.55 bits per heavy atom. The van der Waals surface area contributed by atoms with Gasteiger partial charge in [0.25, 0.3) is 0 Å². The molecule has 0 N–H and O–H groups in total. The van der Waals surface area contributed by atoms with Gasteiger partial charge in [0.1, 0.15) is 0 Å². The van der Waals surface area contributed by atoms with Gasteiger partial charge in [-0.25, -0.2) is 0 Å². The van der Waals surface area contributed by atoms with Crippen molar-refractivity contribution in [2.75, 3.05) is 0 Å². The Balaban J connectivity index is 2.45. The van der Waals surface area contributed by atoms with Crippen LogP contribution in [0.4, 0.5) is 0 Å². The van der Waals surface area contributed by atoms with E-state index in [4.69, 9.17) is 0 Å². The monoisotopic (exact) mass is 164 g/mol. The van der Waals surface area contributed by atoms with Crippen LogP contribution in [0.25, 0.3) is 0 Å². The van der Waals surface area contributed by atoms with E-state index in [1.807, 2.05) is 13.0 Å². The van der Waals surface area contributed by atoms with Gasteiger partial charge >= 0.3 is 0 Å². The van der Waals surface area contributed by atoms with Crippen molar-refractivity contribution in [2.24, 2.45) is 0 Å². The van der Waals surface area contributed by atoms with Crippen LogP contribution in [0.5, 0.6) is 0 Å². The van der Waals surface area contributed by atoms with Crippen LogP contribution in [0.2, 0.25) is 0 Å². The van der Waals surface area contributed by atoms with Crippen LogP contribution in [0.3, 0.4) is 0 Å². The van der Waals surface area contributed by atoms with Crippen molar-refractivity contribution in [2.45, 2.75) is 12.7 Å². The summed E-state index contributed by atoms with van der Waals surface area (Å²) in [6.45, 7) is 5.87. The van der Waals surface area contributed by atoms with E-state index in [9.17, 15) is 0 Å². The number of benzene rings is 1. The molecule has 0 unspecified atom stereocenters. The third kappa shape index (κ3) is 3.28. The van der Waals surface area contributed by atoms with E-state index in [0.29, 0.717) is 0 Å². The zero-order valence-electron chi connectivity index (χ0n) is 6.71. The van der Waals surface area contributed by atoms with Crippen LogP contribution in [-0.2, 0) is 5.75 Å². The average Bonchev–Trinajstić information content (AvgIpc) is 2.03. The van der Waals surface area contributed by atoms with Gasteiger partial charge in [0.2, 0.25) is 0 Å². The first kappa shape index (κ1) is 8.41. The SMILES string of the molecule is C=C(C)SCc1ccccc1. The Morgan fingerprint density at radius 2 is 2.00 bits per heavy atom. The van der Waals surface area contributed by atoms with Crippen molar-refractivity contribution < 1.29 is 0 Å². The molecule has 1 aromatic carbocycles. The second-order valence-electron chi connectivity index (χ2n) is 2.48. The fourth-order valence-corrected chi connectivity index (χ4v) is 1.39. The van der Waals surface area contributed by atoms with Crippen LogP contribution in [-0.4, -0.2) is 0 Å². The fourth-order valence-electron chi connectivity index (χ4n) is 0.781. The summed E-state index contributed by atoms with van der Waals surface area (Å²) in [5.74, 6) is 1.04.